The number of aliphatic hydroxyl groups is 1. The quantitative estimate of drug-likeness (QED) is 0.796. The Morgan fingerprint density at radius 3 is 2.29 bits per heavy atom. The van der Waals surface area contributed by atoms with Crippen LogP contribution in [0.1, 0.15) is 46.4 Å². The van der Waals surface area contributed by atoms with Crippen LogP contribution < -0.4 is 0 Å². The molecular formula is C16H17NO4. The summed E-state index contributed by atoms with van der Waals surface area (Å²) in [5.74, 6) is -0.690. The zero-order valence-corrected chi connectivity index (χ0v) is 11.6. The normalized spacial score (nSPS) is 35.0. The van der Waals surface area contributed by atoms with Crippen molar-refractivity contribution in [1.29, 1.82) is 0 Å². The van der Waals surface area contributed by atoms with Gasteiger partial charge in [0.05, 0.1) is 17.2 Å². The Balaban J connectivity index is 1.66. The molecule has 1 aliphatic carbocycles. The minimum Gasteiger partial charge on any atom is -0.388 e. The lowest BCUT2D eigenvalue weighted by Gasteiger charge is -2.25. The van der Waals surface area contributed by atoms with Crippen LogP contribution in [-0.2, 0) is 4.74 Å². The van der Waals surface area contributed by atoms with E-state index in [0.717, 1.165) is 30.6 Å². The largest absolute Gasteiger partial charge is 0.388 e. The average molecular weight is 287 g/mol. The van der Waals surface area contributed by atoms with Crippen molar-refractivity contribution in [2.75, 3.05) is 0 Å². The Hall–Kier alpha value is -1.72. The minimum atomic E-state index is -0.842. The fraction of sp³-hybridized carbons (Fsp3) is 0.500. The lowest BCUT2D eigenvalue weighted by Crippen LogP contribution is -2.46. The average Bonchev–Trinajstić information content (AvgIpc) is 2.96. The molecule has 2 fully saturated rings. The van der Waals surface area contributed by atoms with Crippen molar-refractivity contribution in [3.8, 4) is 0 Å². The van der Waals surface area contributed by atoms with Crippen molar-refractivity contribution in [1.82, 2.24) is 4.90 Å². The van der Waals surface area contributed by atoms with Gasteiger partial charge in [0, 0.05) is 5.92 Å². The van der Waals surface area contributed by atoms with E-state index in [1.807, 2.05) is 0 Å². The summed E-state index contributed by atoms with van der Waals surface area (Å²) >= 11 is 0. The van der Waals surface area contributed by atoms with Gasteiger partial charge in [-0.15, -0.1) is 0 Å². The Kier molecular flexibility index (Phi) is 2.87. The van der Waals surface area contributed by atoms with E-state index in [-0.39, 0.29) is 23.8 Å². The fourth-order valence-electron chi connectivity index (χ4n) is 3.81. The number of fused-ring (bicyclic) bond motifs is 2. The predicted octanol–water partition coefficient (Wildman–Crippen LogP) is 1.56. The summed E-state index contributed by atoms with van der Waals surface area (Å²) in [5.41, 5.74) is 0.793. The molecule has 0 aromatic heterocycles. The van der Waals surface area contributed by atoms with Crippen molar-refractivity contribution >= 4 is 11.8 Å². The van der Waals surface area contributed by atoms with E-state index in [1.54, 1.807) is 24.3 Å². The van der Waals surface area contributed by atoms with Gasteiger partial charge in [0.25, 0.3) is 11.8 Å². The number of amides is 2. The third kappa shape index (κ3) is 1.77. The van der Waals surface area contributed by atoms with Gasteiger partial charge in [0.15, 0.2) is 6.23 Å². The highest BCUT2D eigenvalue weighted by molar-refractivity contribution is 6.21. The first-order valence-electron chi connectivity index (χ1n) is 7.49. The second-order valence-electron chi connectivity index (χ2n) is 6.03. The first-order chi connectivity index (χ1) is 10.2. The lowest BCUT2D eigenvalue weighted by atomic mass is 9.84. The molecule has 1 aromatic rings. The van der Waals surface area contributed by atoms with Crippen LogP contribution in [0, 0.1) is 5.92 Å². The molecule has 21 heavy (non-hydrogen) atoms. The third-order valence-electron chi connectivity index (χ3n) is 4.88. The maximum absolute atomic E-state index is 12.5. The molecule has 2 heterocycles. The predicted molar refractivity (Wildman–Crippen MR) is 73.6 cm³/mol. The molecular weight excluding hydrogens is 270 g/mol. The van der Waals surface area contributed by atoms with Crippen molar-refractivity contribution in [3.63, 3.8) is 0 Å². The minimum absolute atomic E-state index is 0.0352. The number of hydrogen-bond acceptors (Lipinski definition) is 4. The van der Waals surface area contributed by atoms with E-state index < -0.39 is 12.3 Å². The molecule has 110 valence electrons. The number of benzene rings is 1. The van der Waals surface area contributed by atoms with Gasteiger partial charge < -0.3 is 9.84 Å². The standard InChI is InChI=1S/C16H17NO4/c18-13-11-7-3-4-8-12(11)21-16(13)17-14(19)9-5-1-2-6-10(9)15(17)20/h1-2,5-6,11-13,16,18H,3-4,7-8H2/t11-,12?,13-,16+/m1/s1. The van der Waals surface area contributed by atoms with Gasteiger partial charge in [-0.1, -0.05) is 25.0 Å². The number of aliphatic hydroxyl groups excluding tert-OH is 1. The summed E-state index contributed by atoms with van der Waals surface area (Å²) in [6.07, 6.45) is 2.26. The molecule has 4 atom stereocenters. The van der Waals surface area contributed by atoms with E-state index in [9.17, 15) is 14.7 Å². The molecule has 2 amide bonds. The Bertz CT molecular complexity index is 579. The summed E-state index contributed by atoms with van der Waals surface area (Å²) in [5, 5.41) is 10.5. The van der Waals surface area contributed by atoms with Crippen molar-refractivity contribution < 1.29 is 19.4 Å². The number of ether oxygens (including phenoxy) is 1. The van der Waals surface area contributed by atoms with Crippen LogP contribution in [0.4, 0.5) is 0 Å². The molecule has 0 spiro atoms. The van der Waals surface area contributed by atoms with E-state index in [1.165, 1.54) is 0 Å². The number of imide groups is 1. The first kappa shape index (κ1) is 13.0. The van der Waals surface area contributed by atoms with Crippen LogP contribution in [-0.4, -0.2) is 40.3 Å². The van der Waals surface area contributed by atoms with Crippen LogP contribution >= 0.6 is 0 Å². The Labute approximate surface area is 122 Å². The van der Waals surface area contributed by atoms with Crippen molar-refractivity contribution in [3.05, 3.63) is 35.4 Å². The summed E-state index contributed by atoms with van der Waals surface area (Å²) < 4.78 is 5.87. The van der Waals surface area contributed by atoms with Gasteiger partial charge in [-0.3, -0.25) is 9.59 Å². The molecule has 5 heteroatoms. The smallest absolute Gasteiger partial charge is 0.263 e. The maximum atomic E-state index is 12.5. The Morgan fingerprint density at radius 2 is 1.67 bits per heavy atom. The fourth-order valence-corrected chi connectivity index (χ4v) is 3.81. The summed E-state index contributed by atoms with van der Waals surface area (Å²) in [6.45, 7) is 0. The number of nitrogens with zero attached hydrogens (tertiary/aromatic N) is 1. The lowest BCUT2D eigenvalue weighted by molar-refractivity contribution is -0.0623. The van der Waals surface area contributed by atoms with Gasteiger partial charge in [0.2, 0.25) is 0 Å². The molecule has 1 aromatic carbocycles. The molecule has 0 bridgehead atoms. The monoisotopic (exact) mass is 287 g/mol. The van der Waals surface area contributed by atoms with Gasteiger partial charge in [0.1, 0.15) is 6.10 Å². The molecule has 1 saturated heterocycles. The second kappa shape index (κ2) is 4.64. The second-order valence-corrected chi connectivity index (χ2v) is 6.03. The van der Waals surface area contributed by atoms with Gasteiger partial charge in [-0.25, -0.2) is 4.90 Å². The topological polar surface area (TPSA) is 66.8 Å². The molecule has 1 unspecified atom stereocenters. The number of rotatable bonds is 1. The molecule has 4 rings (SSSR count). The molecule has 3 aliphatic rings. The molecule has 0 radical (unpaired) electrons. The summed E-state index contributed by atoms with van der Waals surface area (Å²) in [6, 6.07) is 6.76. The molecule has 5 nitrogen and oxygen atoms in total. The maximum Gasteiger partial charge on any atom is 0.263 e. The number of carbonyl (C=O) groups is 2. The van der Waals surface area contributed by atoms with Crippen LogP contribution in [0.2, 0.25) is 0 Å². The third-order valence-corrected chi connectivity index (χ3v) is 4.88. The highest BCUT2D eigenvalue weighted by atomic mass is 16.5. The van der Waals surface area contributed by atoms with Crippen molar-refractivity contribution in [2.24, 2.45) is 5.92 Å². The first-order valence-corrected chi connectivity index (χ1v) is 7.49. The van der Waals surface area contributed by atoms with E-state index in [0.29, 0.717) is 11.1 Å². The summed E-state index contributed by atoms with van der Waals surface area (Å²) in [7, 11) is 0. The highest BCUT2D eigenvalue weighted by Gasteiger charge is 2.52. The number of hydrogen-bond donors (Lipinski definition) is 1. The molecule has 1 saturated carbocycles. The highest BCUT2D eigenvalue weighted by Crippen LogP contribution is 2.40. The van der Waals surface area contributed by atoms with E-state index >= 15 is 0 Å². The van der Waals surface area contributed by atoms with E-state index in [4.69, 9.17) is 4.74 Å². The van der Waals surface area contributed by atoms with E-state index in [2.05, 4.69) is 0 Å². The van der Waals surface area contributed by atoms with Gasteiger partial charge >= 0.3 is 0 Å². The zero-order chi connectivity index (χ0) is 14.6. The molecule has 1 N–H and O–H groups in total. The van der Waals surface area contributed by atoms with Crippen LogP contribution in [0.15, 0.2) is 24.3 Å². The van der Waals surface area contributed by atoms with Gasteiger partial charge in [-0.05, 0) is 25.0 Å². The zero-order valence-electron chi connectivity index (χ0n) is 11.6. The van der Waals surface area contributed by atoms with Crippen LogP contribution in [0.25, 0.3) is 0 Å². The van der Waals surface area contributed by atoms with Crippen molar-refractivity contribution in [2.45, 2.75) is 44.1 Å². The SMILES string of the molecule is O=C1c2ccccc2C(=O)N1[C@H]1OC2CCCC[C@H]2[C@H]1O. The molecule has 2 aliphatic heterocycles. The van der Waals surface area contributed by atoms with Crippen LogP contribution in [0.3, 0.4) is 0 Å². The summed E-state index contributed by atoms with van der Waals surface area (Å²) in [4.78, 5) is 26.0. The van der Waals surface area contributed by atoms with Crippen LogP contribution in [0.5, 0.6) is 0 Å². The van der Waals surface area contributed by atoms with Gasteiger partial charge in [-0.2, -0.15) is 0 Å². The number of carbonyl (C=O) groups excluding carboxylic acids is 2. The Morgan fingerprint density at radius 1 is 1.05 bits per heavy atom.